The molecule has 0 fully saturated rings. The van der Waals surface area contributed by atoms with Crippen LogP contribution in [-0.2, 0) is 13.1 Å². The van der Waals surface area contributed by atoms with Crippen molar-refractivity contribution in [3.05, 3.63) is 87.6 Å². The lowest BCUT2D eigenvalue weighted by Crippen LogP contribution is -2.26. The Balaban J connectivity index is 1.29. The lowest BCUT2D eigenvalue weighted by molar-refractivity contribution is 0.0750. The van der Waals surface area contributed by atoms with Gasteiger partial charge in [-0.1, -0.05) is 24.3 Å². The summed E-state index contributed by atoms with van der Waals surface area (Å²) in [6.45, 7) is 2.62. The molecule has 3 heterocycles. The van der Waals surface area contributed by atoms with E-state index < -0.39 is 0 Å². The number of hydrogen-bond donors (Lipinski definition) is 1. The van der Waals surface area contributed by atoms with Gasteiger partial charge in [0.15, 0.2) is 11.5 Å². The molecule has 1 N–H and O–H groups in total. The van der Waals surface area contributed by atoms with Gasteiger partial charge in [0, 0.05) is 5.56 Å². The molecule has 7 heteroatoms. The van der Waals surface area contributed by atoms with Gasteiger partial charge in [0.2, 0.25) is 6.79 Å². The number of amides is 1. The molecule has 4 aromatic rings. The molecule has 0 atom stereocenters. The lowest BCUT2D eigenvalue weighted by atomic mass is 9.99. The summed E-state index contributed by atoms with van der Waals surface area (Å²) in [5.74, 6) is 1.96. The summed E-state index contributed by atoms with van der Waals surface area (Å²) in [6, 6.07) is 17.7. The predicted octanol–water partition coefficient (Wildman–Crippen LogP) is 3.78. The molecule has 0 unspecified atom stereocenters. The topological polar surface area (TPSA) is 84.5 Å². The number of H-pyrrole nitrogens is 1. The van der Waals surface area contributed by atoms with Crippen LogP contribution in [0, 0.1) is 6.92 Å². The van der Waals surface area contributed by atoms with E-state index >= 15 is 0 Å². The fourth-order valence-electron chi connectivity index (χ4n) is 4.35. The first-order valence-electron chi connectivity index (χ1n) is 10.4. The molecule has 0 aliphatic carbocycles. The van der Waals surface area contributed by atoms with Gasteiger partial charge in [-0.15, -0.1) is 0 Å². The van der Waals surface area contributed by atoms with Gasteiger partial charge in [-0.25, -0.2) is 4.98 Å². The highest BCUT2D eigenvalue weighted by molar-refractivity contribution is 5.99. The van der Waals surface area contributed by atoms with Crippen LogP contribution >= 0.6 is 0 Å². The Bertz CT molecular complexity index is 1470. The van der Waals surface area contributed by atoms with Gasteiger partial charge in [0.05, 0.1) is 24.3 Å². The number of aryl methyl sites for hydroxylation is 1. The fourth-order valence-corrected chi connectivity index (χ4v) is 4.35. The zero-order chi connectivity index (χ0) is 21.8. The van der Waals surface area contributed by atoms with Crippen molar-refractivity contribution in [3.8, 4) is 22.6 Å². The van der Waals surface area contributed by atoms with Crippen molar-refractivity contribution in [1.82, 2.24) is 14.9 Å². The average molecular weight is 425 g/mol. The summed E-state index contributed by atoms with van der Waals surface area (Å²) in [6.07, 6.45) is 0. The highest BCUT2D eigenvalue weighted by atomic mass is 16.7. The zero-order valence-corrected chi connectivity index (χ0v) is 17.3. The third-order valence-electron chi connectivity index (χ3n) is 5.99. The van der Waals surface area contributed by atoms with E-state index in [1.807, 2.05) is 48.5 Å². The zero-order valence-electron chi connectivity index (χ0n) is 17.3. The minimum atomic E-state index is -0.169. The Kier molecular flexibility index (Phi) is 4.04. The summed E-state index contributed by atoms with van der Waals surface area (Å²) in [5.41, 5.74) is 3.77. The molecule has 0 bridgehead atoms. The largest absolute Gasteiger partial charge is 0.454 e. The molecule has 2 aliphatic heterocycles. The van der Waals surface area contributed by atoms with Gasteiger partial charge in [-0.2, -0.15) is 0 Å². The Morgan fingerprint density at radius 1 is 0.938 bits per heavy atom. The normalized spacial score (nSPS) is 14.1. The number of benzene rings is 3. The van der Waals surface area contributed by atoms with Crippen molar-refractivity contribution in [1.29, 1.82) is 0 Å². The van der Waals surface area contributed by atoms with Gasteiger partial charge in [-0.05, 0) is 59.2 Å². The maximum Gasteiger partial charge on any atom is 0.256 e. The average Bonchev–Trinajstić information content (AvgIpc) is 3.44. The van der Waals surface area contributed by atoms with E-state index in [1.165, 1.54) is 0 Å². The second kappa shape index (κ2) is 6.95. The van der Waals surface area contributed by atoms with Crippen molar-refractivity contribution in [3.63, 3.8) is 0 Å². The van der Waals surface area contributed by atoms with Crippen LogP contribution in [0.15, 0.2) is 59.4 Å². The van der Waals surface area contributed by atoms with Gasteiger partial charge in [0.1, 0.15) is 5.82 Å². The van der Waals surface area contributed by atoms with E-state index in [1.54, 1.807) is 11.8 Å². The van der Waals surface area contributed by atoms with E-state index in [4.69, 9.17) is 9.47 Å². The Morgan fingerprint density at radius 2 is 1.69 bits per heavy atom. The Morgan fingerprint density at radius 3 is 2.59 bits per heavy atom. The molecule has 0 saturated heterocycles. The van der Waals surface area contributed by atoms with Crippen molar-refractivity contribution >= 4 is 16.7 Å². The predicted molar refractivity (Wildman–Crippen MR) is 119 cm³/mol. The molecule has 0 saturated carbocycles. The molecule has 2 aliphatic rings. The Hall–Kier alpha value is -4.13. The maximum absolute atomic E-state index is 13.1. The maximum atomic E-state index is 13.1. The minimum absolute atomic E-state index is 0.109. The monoisotopic (exact) mass is 425 g/mol. The number of ether oxygens (including phenoxy) is 2. The minimum Gasteiger partial charge on any atom is -0.454 e. The standard InChI is InChI=1S/C25H19N3O4/c1-14-26-21-12-28(11-20(21)24(29)27-14)25(30)19-5-4-15-8-16(2-3-17(15)9-19)18-6-7-22-23(10-18)32-13-31-22/h2-10H,11-13H2,1H3,(H,26,27,29). The summed E-state index contributed by atoms with van der Waals surface area (Å²) >= 11 is 0. The Labute approximate surface area is 183 Å². The van der Waals surface area contributed by atoms with Crippen LogP contribution in [0.2, 0.25) is 0 Å². The molecular formula is C25H19N3O4. The number of nitrogens with zero attached hydrogens (tertiary/aromatic N) is 2. The van der Waals surface area contributed by atoms with Crippen molar-refractivity contribution < 1.29 is 14.3 Å². The summed E-state index contributed by atoms with van der Waals surface area (Å²) in [7, 11) is 0. The number of hydrogen-bond acceptors (Lipinski definition) is 5. The molecule has 3 aromatic carbocycles. The SMILES string of the molecule is Cc1nc2c(c(=O)[nH]1)CN(C(=O)c1ccc3cc(-c4ccc5c(c4)OCO5)ccc3c1)C2. The number of fused-ring (bicyclic) bond motifs is 3. The third kappa shape index (κ3) is 3.01. The highest BCUT2D eigenvalue weighted by Crippen LogP contribution is 2.36. The van der Waals surface area contributed by atoms with Crippen LogP contribution in [0.5, 0.6) is 11.5 Å². The van der Waals surface area contributed by atoms with Gasteiger partial charge in [-0.3, -0.25) is 9.59 Å². The molecule has 1 amide bonds. The van der Waals surface area contributed by atoms with Crippen LogP contribution in [0.1, 0.15) is 27.4 Å². The summed E-state index contributed by atoms with van der Waals surface area (Å²) < 4.78 is 10.9. The number of aromatic amines is 1. The first-order chi connectivity index (χ1) is 15.5. The first kappa shape index (κ1) is 18.6. The van der Waals surface area contributed by atoms with Crippen molar-refractivity contribution in [2.75, 3.05) is 6.79 Å². The molecule has 158 valence electrons. The van der Waals surface area contributed by atoms with Gasteiger partial charge >= 0.3 is 0 Å². The summed E-state index contributed by atoms with van der Waals surface area (Å²) in [5, 5.41) is 2.01. The van der Waals surface area contributed by atoms with E-state index in [0.29, 0.717) is 29.2 Å². The first-order valence-corrected chi connectivity index (χ1v) is 10.4. The van der Waals surface area contributed by atoms with E-state index in [0.717, 1.165) is 33.4 Å². The second-order valence-corrected chi connectivity index (χ2v) is 8.08. The molecule has 32 heavy (non-hydrogen) atoms. The van der Waals surface area contributed by atoms with Crippen molar-refractivity contribution in [2.45, 2.75) is 20.0 Å². The molecule has 6 rings (SSSR count). The van der Waals surface area contributed by atoms with Crippen LogP contribution in [0.25, 0.3) is 21.9 Å². The molecule has 0 radical (unpaired) electrons. The number of carbonyl (C=O) groups excluding carboxylic acids is 1. The quantitative estimate of drug-likeness (QED) is 0.528. The lowest BCUT2D eigenvalue weighted by Gasteiger charge is -2.15. The van der Waals surface area contributed by atoms with Crippen LogP contribution < -0.4 is 15.0 Å². The molecular weight excluding hydrogens is 406 g/mol. The molecule has 0 spiro atoms. The number of rotatable bonds is 2. The number of aromatic nitrogens is 2. The second-order valence-electron chi connectivity index (χ2n) is 8.08. The number of carbonyl (C=O) groups is 1. The fraction of sp³-hybridized carbons (Fsp3) is 0.160. The van der Waals surface area contributed by atoms with E-state index in [-0.39, 0.29) is 24.8 Å². The van der Waals surface area contributed by atoms with Gasteiger partial charge < -0.3 is 19.4 Å². The van der Waals surface area contributed by atoms with Crippen LogP contribution in [-0.4, -0.2) is 27.6 Å². The number of nitrogens with one attached hydrogen (secondary N) is 1. The smallest absolute Gasteiger partial charge is 0.256 e. The van der Waals surface area contributed by atoms with E-state index in [9.17, 15) is 9.59 Å². The molecule has 7 nitrogen and oxygen atoms in total. The van der Waals surface area contributed by atoms with Gasteiger partial charge in [0.25, 0.3) is 11.5 Å². The van der Waals surface area contributed by atoms with Crippen LogP contribution in [0.3, 0.4) is 0 Å². The summed E-state index contributed by atoms with van der Waals surface area (Å²) in [4.78, 5) is 34.0. The molecule has 1 aromatic heterocycles. The van der Waals surface area contributed by atoms with Crippen LogP contribution in [0.4, 0.5) is 0 Å². The van der Waals surface area contributed by atoms with Crippen molar-refractivity contribution in [2.24, 2.45) is 0 Å². The van der Waals surface area contributed by atoms with E-state index in [2.05, 4.69) is 16.0 Å². The third-order valence-corrected chi connectivity index (χ3v) is 5.99. The highest BCUT2D eigenvalue weighted by Gasteiger charge is 2.28.